The zero-order chi connectivity index (χ0) is 22.7. The molecule has 11 heteroatoms. The van der Waals surface area contributed by atoms with Gasteiger partial charge in [0.05, 0.1) is 18.8 Å². The van der Waals surface area contributed by atoms with Crippen LogP contribution < -0.4 is 15.4 Å². The Morgan fingerprint density at radius 2 is 1.94 bits per heavy atom. The van der Waals surface area contributed by atoms with Crippen LogP contribution in [0.3, 0.4) is 0 Å². The second-order valence-corrected chi connectivity index (χ2v) is 8.92. The maximum Gasteiger partial charge on any atom is 0.322 e. The lowest BCUT2D eigenvalue weighted by atomic mass is 10.2. The number of carbonyl (C=O) groups is 2. The number of amides is 3. The van der Waals surface area contributed by atoms with E-state index in [-0.39, 0.29) is 23.0 Å². The first-order valence-electron chi connectivity index (χ1n) is 9.76. The van der Waals surface area contributed by atoms with Gasteiger partial charge in [0.15, 0.2) is 0 Å². The molecule has 32 heavy (non-hydrogen) atoms. The molecule has 1 fully saturated rings. The monoisotopic (exact) mass is 491 g/mol. The average molecular weight is 492 g/mol. The molecule has 0 radical (unpaired) electrons. The Morgan fingerprint density at radius 1 is 1.12 bits per heavy atom. The third-order valence-corrected chi connectivity index (χ3v) is 6.41. The molecule has 0 aliphatic carbocycles. The van der Waals surface area contributed by atoms with Crippen LogP contribution in [0.25, 0.3) is 0 Å². The number of halogens is 2. The quantitative estimate of drug-likeness (QED) is 0.492. The molecule has 4 rings (SSSR count). The van der Waals surface area contributed by atoms with Gasteiger partial charge in [0.2, 0.25) is 5.01 Å². The molecule has 1 aromatic heterocycles. The van der Waals surface area contributed by atoms with E-state index in [9.17, 15) is 9.59 Å². The van der Waals surface area contributed by atoms with Crippen LogP contribution in [0.15, 0.2) is 42.5 Å². The highest BCUT2D eigenvalue weighted by Crippen LogP contribution is 2.35. The number of anilines is 2. The Balaban J connectivity index is 1.47. The third kappa shape index (κ3) is 4.95. The van der Waals surface area contributed by atoms with Crippen LogP contribution in [-0.2, 0) is 0 Å². The van der Waals surface area contributed by atoms with E-state index in [0.717, 1.165) is 24.2 Å². The first-order chi connectivity index (χ1) is 15.4. The summed E-state index contributed by atoms with van der Waals surface area (Å²) in [5, 5.41) is 15.6. The topological polar surface area (TPSA) is 96.4 Å². The Kier molecular flexibility index (Phi) is 6.78. The van der Waals surface area contributed by atoms with Crippen LogP contribution in [0.4, 0.5) is 16.2 Å². The lowest BCUT2D eigenvalue weighted by Gasteiger charge is -2.23. The predicted octanol–water partition coefficient (Wildman–Crippen LogP) is 5.47. The van der Waals surface area contributed by atoms with E-state index in [2.05, 4.69) is 20.8 Å². The number of nitrogens with zero attached hydrogens (tertiary/aromatic N) is 3. The number of hydrogen-bond acceptors (Lipinski definition) is 6. The highest BCUT2D eigenvalue weighted by atomic mass is 35.5. The van der Waals surface area contributed by atoms with Crippen molar-refractivity contribution < 1.29 is 14.3 Å². The molecule has 2 aromatic carbocycles. The molecule has 1 atom stereocenters. The molecule has 2 N–H and O–H groups in total. The minimum Gasteiger partial charge on any atom is -0.495 e. The zero-order valence-electron chi connectivity index (χ0n) is 17.0. The van der Waals surface area contributed by atoms with E-state index in [0.29, 0.717) is 38.7 Å². The predicted molar refractivity (Wildman–Crippen MR) is 125 cm³/mol. The number of urea groups is 1. The Bertz CT molecular complexity index is 1160. The van der Waals surface area contributed by atoms with Crippen molar-refractivity contribution in [1.82, 2.24) is 15.1 Å². The summed E-state index contributed by atoms with van der Waals surface area (Å²) >= 11 is 13.2. The highest BCUT2D eigenvalue weighted by Gasteiger charge is 2.33. The molecule has 0 bridgehead atoms. The summed E-state index contributed by atoms with van der Waals surface area (Å²) in [6.07, 6.45) is 1.54. The molecule has 0 saturated carbocycles. The first-order valence-corrected chi connectivity index (χ1v) is 11.3. The minimum absolute atomic E-state index is 0.212. The van der Waals surface area contributed by atoms with Gasteiger partial charge in [0.1, 0.15) is 10.8 Å². The molecule has 1 aliphatic heterocycles. The highest BCUT2D eigenvalue weighted by molar-refractivity contribution is 7.13. The van der Waals surface area contributed by atoms with Crippen molar-refractivity contribution in [2.75, 3.05) is 24.3 Å². The van der Waals surface area contributed by atoms with Gasteiger partial charge >= 0.3 is 6.03 Å². The van der Waals surface area contributed by atoms with Crippen molar-refractivity contribution in [3.8, 4) is 5.75 Å². The van der Waals surface area contributed by atoms with Gasteiger partial charge in [-0.05, 0) is 49.2 Å². The average Bonchev–Trinajstić information content (AvgIpc) is 3.43. The molecular formula is C21H19Cl2N5O3S. The fourth-order valence-corrected chi connectivity index (χ4v) is 4.69. The van der Waals surface area contributed by atoms with Crippen molar-refractivity contribution >= 4 is 57.9 Å². The fraction of sp³-hybridized carbons (Fsp3) is 0.238. The number of nitrogens with one attached hydrogen (secondary N) is 2. The van der Waals surface area contributed by atoms with E-state index in [1.807, 2.05) is 0 Å². The maximum absolute atomic E-state index is 13.0. The standard InChI is InChI=1S/C21H19Cl2N5O3S/c1-31-17-8-7-13(23)11-15(17)25-21(30)28-9-3-6-16(28)19-26-27-20(32-19)18(29)24-14-5-2-4-12(22)10-14/h2,4-5,7-8,10-11,16H,3,6,9H2,1H3,(H,24,29)(H,25,30). The lowest BCUT2D eigenvalue weighted by molar-refractivity contribution is 0.102. The molecule has 1 aliphatic rings. The Morgan fingerprint density at radius 3 is 2.72 bits per heavy atom. The van der Waals surface area contributed by atoms with Gasteiger partial charge in [-0.3, -0.25) is 4.79 Å². The first kappa shape index (κ1) is 22.3. The molecule has 1 saturated heterocycles. The van der Waals surface area contributed by atoms with Crippen molar-refractivity contribution in [2.24, 2.45) is 0 Å². The second kappa shape index (κ2) is 9.72. The van der Waals surface area contributed by atoms with Gasteiger partial charge < -0.3 is 20.3 Å². The largest absolute Gasteiger partial charge is 0.495 e. The summed E-state index contributed by atoms with van der Waals surface area (Å²) in [5.74, 6) is 0.128. The lowest BCUT2D eigenvalue weighted by Crippen LogP contribution is -2.34. The normalized spacial score (nSPS) is 15.5. The van der Waals surface area contributed by atoms with Gasteiger partial charge in [0, 0.05) is 22.3 Å². The van der Waals surface area contributed by atoms with Crippen LogP contribution in [-0.4, -0.2) is 40.7 Å². The number of rotatable bonds is 5. The summed E-state index contributed by atoms with van der Waals surface area (Å²) in [6.45, 7) is 0.559. The smallest absolute Gasteiger partial charge is 0.322 e. The third-order valence-electron chi connectivity index (χ3n) is 4.92. The van der Waals surface area contributed by atoms with Crippen molar-refractivity contribution in [1.29, 1.82) is 0 Å². The number of aromatic nitrogens is 2. The SMILES string of the molecule is COc1ccc(Cl)cc1NC(=O)N1CCCC1c1nnc(C(=O)Nc2cccc(Cl)c2)s1. The Labute approximate surface area is 198 Å². The maximum atomic E-state index is 13.0. The molecule has 166 valence electrons. The van der Waals surface area contributed by atoms with Crippen LogP contribution >= 0.6 is 34.5 Å². The molecule has 1 unspecified atom stereocenters. The Hall–Kier alpha value is -2.88. The van der Waals surface area contributed by atoms with Gasteiger partial charge in [0.25, 0.3) is 5.91 Å². The van der Waals surface area contributed by atoms with E-state index in [1.54, 1.807) is 47.4 Å². The van der Waals surface area contributed by atoms with E-state index >= 15 is 0 Å². The number of hydrogen-bond donors (Lipinski definition) is 2. The number of ether oxygens (including phenoxy) is 1. The van der Waals surface area contributed by atoms with Gasteiger partial charge in [-0.25, -0.2) is 4.79 Å². The van der Waals surface area contributed by atoms with Crippen LogP contribution in [0.1, 0.15) is 33.7 Å². The minimum atomic E-state index is -0.381. The van der Waals surface area contributed by atoms with Crippen LogP contribution in [0.5, 0.6) is 5.75 Å². The zero-order valence-corrected chi connectivity index (χ0v) is 19.3. The van der Waals surface area contributed by atoms with Gasteiger partial charge in [-0.1, -0.05) is 40.6 Å². The number of carbonyl (C=O) groups excluding carboxylic acids is 2. The summed E-state index contributed by atoms with van der Waals surface area (Å²) in [4.78, 5) is 27.2. The summed E-state index contributed by atoms with van der Waals surface area (Å²) in [5.41, 5.74) is 1.05. The number of likely N-dealkylation sites (tertiary alicyclic amines) is 1. The molecule has 0 spiro atoms. The van der Waals surface area contributed by atoms with E-state index < -0.39 is 0 Å². The second-order valence-electron chi connectivity index (χ2n) is 7.04. The van der Waals surface area contributed by atoms with E-state index in [1.165, 1.54) is 7.11 Å². The van der Waals surface area contributed by atoms with Gasteiger partial charge in [-0.2, -0.15) is 0 Å². The van der Waals surface area contributed by atoms with Crippen molar-refractivity contribution in [2.45, 2.75) is 18.9 Å². The van der Waals surface area contributed by atoms with Crippen LogP contribution in [0.2, 0.25) is 10.0 Å². The number of methoxy groups -OCH3 is 1. The molecule has 3 amide bonds. The van der Waals surface area contributed by atoms with Crippen molar-refractivity contribution in [3.63, 3.8) is 0 Å². The molecule has 2 heterocycles. The summed E-state index contributed by atoms with van der Waals surface area (Å²) < 4.78 is 5.30. The molecule has 8 nitrogen and oxygen atoms in total. The van der Waals surface area contributed by atoms with Crippen molar-refractivity contribution in [3.05, 3.63) is 62.5 Å². The van der Waals surface area contributed by atoms with Crippen LogP contribution in [0, 0.1) is 0 Å². The summed E-state index contributed by atoms with van der Waals surface area (Å²) in [7, 11) is 1.52. The summed E-state index contributed by atoms with van der Waals surface area (Å²) in [6, 6.07) is 11.3. The van der Waals surface area contributed by atoms with Gasteiger partial charge in [-0.15, -0.1) is 10.2 Å². The molecular weight excluding hydrogens is 473 g/mol. The molecule has 3 aromatic rings. The number of benzene rings is 2. The van der Waals surface area contributed by atoms with E-state index in [4.69, 9.17) is 27.9 Å². The fourth-order valence-electron chi connectivity index (χ4n) is 3.44.